The Morgan fingerprint density at radius 2 is 1.69 bits per heavy atom. The predicted molar refractivity (Wildman–Crippen MR) is 176 cm³/mol. The molecule has 0 radical (unpaired) electrons. The number of phenolic OH excluding ortho intramolecular Hbond substituents is 1. The Bertz CT molecular complexity index is 1550. The topological polar surface area (TPSA) is 188 Å². The fourth-order valence-corrected chi connectivity index (χ4v) is 8.29. The van der Waals surface area contributed by atoms with Crippen molar-refractivity contribution in [2.24, 2.45) is 5.92 Å². The van der Waals surface area contributed by atoms with E-state index < -0.39 is 35.2 Å². The van der Waals surface area contributed by atoms with Gasteiger partial charge in [0.05, 0.1) is 29.2 Å². The first kappa shape index (κ1) is 36.2. The summed E-state index contributed by atoms with van der Waals surface area (Å²) in [5.41, 5.74) is 1.36. The molecule has 1 amide bonds. The lowest BCUT2D eigenvalue weighted by Crippen LogP contribution is -2.74. The summed E-state index contributed by atoms with van der Waals surface area (Å²) >= 11 is 12.3. The smallest absolute Gasteiger partial charge is 0.335 e. The van der Waals surface area contributed by atoms with Crippen LogP contribution in [0, 0.1) is 5.92 Å². The van der Waals surface area contributed by atoms with Crippen molar-refractivity contribution in [2.75, 3.05) is 27.2 Å². The van der Waals surface area contributed by atoms with Crippen LogP contribution in [0.2, 0.25) is 10.0 Å². The van der Waals surface area contributed by atoms with Gasteiger partial charge in [0, 0.05) is 36.7 Å². The minimum Gasteiger partial charge on any atom is -0.504 e. The SMILES string of the molecule is COc1c(O)ccc2c1[C@]13CCN(CC4CC4)[C@H](C2)[C@]1(O)CC[C@H](N(C)C(=O)Cc1ccc(Cl)c(Cl)c1)C3.O=C(O)C(O)C(O)C(=O)O. The highest BCUT2D eigenvalue weighted by molar-refractivity contribution is 6.42. The highest BCUT2D eigenvalue weighted by Crippen LogP contribution is 2.62. The number of benzene rings is 2. The van der Waals surface area contributed by atoms with Crippen LogP contribution in [0.4, 0.5) is 0 Å². The lowest BCUT2D eigenvalue weighted by Gasteiger charge is -2.65. The molecule has 6 atom stereocenters. The number of likely N-dealkylation sites (N-methyl/N-ethyl adjacent to an activating group) is 1. The summed E-state index contributed by atoms with van der Waals surface area (Å²) < 4.78 is 5.79. The van der Waals surface area contributed by atoms with Gasteiger partial charge in [0.2, 0.25) is 5.91 Å². The van der Waals surface area contributed by atoms with Crippen molar-refractivity contribution in [1.82, 2.24) is 9.80 Å². The molecule has 2 unspecified atom stereocenters. The average molecular weight is 710 g/mol. The van der Waals surface area contributed by atoms with Crippen molar-refractivity contribution in [3.05, 3.63) is 57.1 Å². The van der Waals surface area contributed by atoms with E-state index in [9.17, 15) is 24.6 Å². The first-order valence-electron chi connectivity index (χ1n) is 16.0. The number of aliphatic carboxylic acids is 2. The monoisotopic (exact) mass is 708 g/mol. The second kappa shape index (κ2) is 14.0. The average Bonchev–Trinajstić information content (AvgIpc) is 3.87. The molecule has 6 rings (SSSR count). The number of piperidine rings is 1. The lowest BCUT2D eigenvalue weighted by atomic mass is 9.48. The number of halogens is 2. The largest absolute Gasteiger partial charge is 0.504 e. The second-order valence-electron chi connectivity index (χ2n) is 13.5. The number of aliphatic hydroxyl groups is 3. The molecule has 2 bridgehead atoms. The molecule has 2 aromatic carbocycles. The van der Waals surface area contributed by atoms with Crippen molar-refractivity contribution >= 4 is 41.0 Å². The Hall–Kier alpha value is -3.13. The summed E-state index contributed by atoms with van der Waals surface area (Å²) in [5, 5.41) is 56.9. The zero-order chi connectivity index (χ0) is 35.1. The molecular weight excluding hydrogens is 667 g/mol. The third-order valence-corrected chi connectivity index (χ3v) is 11.4. The van der Waals surface area contributed by atoms with Gasteiger partial charge in [0.1, 0.15) is 0 Å². The molecule has 2 saturated carbocycles. The van der Waals surface area contributed by atoms with Gasteiger partial charge in [-0.25, -0.2) is 9.59 Å². The molecule has 48 heavy (non-hydrogen) atoms. The minimum absolute atomic E-state index is 0.0110. The van der Waals surface area contributed by atoms with Crippen LogP contribution in [0.3, 0.4) is 0 Å². The Morgan fingerprint density at radius 3 is 2.27 bits per heavy atom. The summed E-state index contributed by atoms with van der Waals surface area (Å²) in [6, 6.07) is 9.01. The first-order chi connectivity index (χ1) is 22.6. The fraction of sp³-hybridized carbons (Fsp3) is 0.559. The van der Waals surface area contributed by atoms with E-state index in [-0.39, 0.29) is 30.2 Å². The second-order valence-corrected chi connectivity index (χ2v) is 14.3. The number of nitrogens with zero attached hydrogens (tertiary/aromatic N) is 2. The number of amides is 1. The molecule has 6 N–H and O–H groups in total. The minimum atomic E-state index is -2.27. The quantitative estimate of drug-likeness (QED) is 0.225. The molecule has 1 aliphatic heterocycles. The van der Waals surface area contributed by atoms with Gasteiger partial charge in [-0.3, -0.25) is 9.69 Å². The molecule has 2 aromatic rings. The molecule has 4 aliphatic rings. The van der Waals surface area contributed by atoms with Crippen LogP contribution in [-0.2, 0) is 32.6 Å². The number of carboxylic acid groups (broad SMARTS) is 2. The zero-order valence-corrected chi connectivity index (χ0v) is 28.3. The number of hydrogen-bond donors (Lipinski definition) is 6. The van der Waals surface area contributed by atoms with Gasteiger partial charge in [-0.15, -0.1) is 0 Å². The standard InChI is InChI=1S/C30H36Cl2N2O4.C4H6O6/c1-33(26(36)14-19-5-7-22(31)23(32)13-19)21-9-10-30(37)25-15-20-6-8-24(35)28(38-2)27(20)29(30,16-21)11-12-34(25)17-18-3-4-18;5-1(3(7)8)2(6)4(9)10/h5-8,13,18,21,25,35,37H,3-4,9-12,14-17H2,1-2H3;1-2,5-6H,(H,7,8)(H,9,10)/t21-,25+,29+,30+;/m0./s1. The van der Waals surface area contributed by atoms with Gasteiger partial charge in [-0.1, -0.05) is 35.3 Å². The molecule has 3 aliphatic carbocycles. The van der Waals surface area contributed by atoms with Gasteiger partial charge in [0.25, 0.3) is 0 Å². The summed E-state index contributed by atoms with van der Waals surface area (Å²) in [5.74, 6) is -2.21. The zero-order valence-electron chi connectivity index (χ0n) is 26.8. The van der Waals surface area contributed by atoms with Crippen molar-refractivity contribution < 1.29 is 49.8 Å². The fourth-order valence-electron chi connectivity index (χ4n) is 7.97. The number of hydrogen-bond acceptors (Lipinski definition) is 9. The van der Waals surface area contributed by atoms with Crippen LogP contribution in [0.25, 0.3) is 0 Å². The lowest BCUT2D eigenvalue weighted by molar-refractivity contribution is -0.178. The number of likely N-dealkylation sites (tertiary alicyclic amines) is 1. The third-order valence-electron chi connectivity index (χ3n) is 10.7. The Labute approximate surface area is 288 Å². The number of carbonyl (C=O) groups excluding carboxylic acids is 1. The molecule has 262 valence electrons. The van der Waals surface area contributed by atoms with Crippen molar-refractivity contribution in [3.63, 3.8) is 0 Å². The van der Waals surface area contributed by atoms with E-state index in [4.69, 9.17) is 48.4 Å². The van der Waals surface area contributed by atoms with Gasteiger partial charge in [0.15, 0.2) is 23.7 Å². The number of aromatic hydroxyl groups is 1. The molecule has 3 fully saturated rings. The van der Waals surface area contributed by atoms with E-state index in [1.165, 1.54) is 12.8 Å². The number of rotatable bonds is 9. The van der Waals surface area contributed by atoms with E-state index in [1.54, 1.807) is 25.3 Å². The molecule has 1 saturated heterocycles. The maximum Gasteiger partial charge on any atom is 0.335 e. The first-order valence-corrected chi connectivity index (χ1v) is 16.8. The van der Waals surface area contributed by atoms with Crippen molar-refractivity contribution in [1.29, 1.82) is 0 Å². The maximum absolute atomic E-state index is 13.4. The molecule has 1 heterocycles. The van der Waals surface area contributed by atoms with Crippen LogP contribution >= 0.6 is 23.2 Å². The van der Waals surface area contributed by atoms with Crippen LogP contribution in [0.15, 0.2) is 30.3 Å². The Morgan fingerprint density at radius 1 is 1.02 bits per heavy atom. The molecule has 14 heteroatoms. The Balaban J connectivity index is 0.000000393. The Kier molecular flexibility index (Phi) is 10.6. The van der Waals surface area contributed by atoms with Gasteiger partial charge >= 0.3 is 11.9 Å². The van der Waals surface area contributed by atoms with Crippen LogP contribution in [0.1, 0.15) is 55.2 Å². The van der Waals surface area contributed by atoms with E-state index in [2.05, 4.69) is 4.90 Å². The van der Waals surface area contributed by atoms with Gasteiger partial charge < -0.3 is 40.3 Å². The number of phenols is 1. The number of carboxylic acids is 2. The van der Waals surface area contributed by atoms with E-state index >= 15 is 0 Å². The summed E-state index contributed by atoms with van der Waals surface area (Å²) in [6.07, 6.45) is 1.73. The van der Waals surface area contributed by atoms with Crippen molar-refractivity contribution in [3.8, 4) is 11.5 Å². The highest BCUT2D eigenvalue weighted by Gasteiger charge is 2.66. The number of ether oxygens (including phenoxy) is 1. The highest BCUT2D eigenvalue weighted by atomic mass is 35.5. The predicted octanol–water partition coefficient (Wildman–Crippen LogP) is 2.85. The summed E-state index contributed by atoms with van der Waals surface area (Å²) in [4.78, 5) is 37.4. The number of fused-ring (bicyclic) bond motifs is 1. The van der Waals surface area contributed by atoms with Crippen molar-refractivity contribution in [2.45, 2.75) is 86.7 Å². The number of carbonyl (C=O) groups is 3. The number of aliphatic hydroxyl groups excluding tert-OH is 2. The maximum atomic E-state index is 13.4. The van der Waals surface area contributed by atoms with Crippen LogP contribution < -0.4 is 4.74 Å². The van der Waals surface area contributed by atoms with E-state index in [1.807, 2.05) is 24.1 Å². The van der Waals surface area contributed by atoms with Gasteiger partial charge in [-0.05, 0) is 86.7 Å². The molecule has 0 aromatic heterocycles. The van der Waals surface area contributed by atoms with E-state index in [0.29, 0.717) is 28.6 Å². The normalized spacial score (nSPS) is 27.3. The molecule has 0 spiro atoms. The third kappa shape index (κ3) is 6.71. The van der Waals surface area contributed by atoms with Crippen LogP contribution in [0.5, 0.6) is 11.5 Å². The number of methoxy groups -OCH3 is 1. The molecule has 12 nitrogen and oxygen atoms in total. The molecular formula is C34H42Cl2N2O10. The van der Waals surface area contributed by atoms with Crippen LogP contribution in [-0.4, -0.2) is 115 Å². The van der Waals surface area contributed by atoms with E-state index in [0.717, 1.165) is 55.0 Å². The summed E-state index contributed by atoms with van der Waals surface area (Å²) in [7, 11) is 3.46. The summed E-state index contributed by atoms with van der Waals surface area (Å²) in [6.45, 7) is 1.94. The van der Waals surface area contributed by atoms with Gasteiger partial charge in [-0.2, -0.15) is 0 Å².